The normalized spacial score (nSPS) is 9.92. The van der Waals surface area contributed by atoms with Gasteiger partial charge in [-0.2, -0.15) is 5.48 Å². The monoisotopic (exact) mass is 179 g/mol. The zero-order valence-corrected chi connectivity index (χ0v) is 8.12. The molecule has 0 radical (unpaired) electrons. The highest BCUT2D eigenvalue weighted by atomic mass is 16.6. The second kappa shape index (κ2) is 6.49. The summed E-state index contributed by atoms with van der Waals surface area (Å²) in [6.45, 7) is 3.11. The number of hydrogen-bond donors (Lipinski definition) is 1. The van der Waals surface area contributed by atoms with Gasteiger partial charge in [0.25, 0.3) is 0 Å². The summed E-state index contributed by atoms with van der Waals surface area (Å²) in [4.78, 5) is 5.30. The Balaban J connectivity index is 2.07. The maximum atomic E-state index is 5.30. The minimum absolute atomic E-state index is 0.874. The highest BCUT2D eigenvalue weighted by Gasteiger charge is 1.90. The van der Waals surface area contributed by atoms with E-state index in [-0.39, 0.29) is 0 Å². The van der Waals surface area contributed by atoms with E-state index in [0.29, 0.717) is 0 Å². The van der Waals surface area contributed by atoms with E-state index < -0.39 is 0 Å². The van der Waals surface area contributed by atoms with Crippen molar-refractivity contribution in [1.29, 1.82) is 0 Å². The first-order chi connectivity index (χ1) is 6.43. The molecule has 0 atom stereocenters. The average Bonchev–Trinajstić information content (AvgIpc) is 2.19. The Bertz CT molecular complexity index is 211. The molecule has 0 unspecified atom stereocenters. The molecule has 0 bridgehead atoms. The van der Waals surface area contributed by atoms with Gasteiger partial charge in [-0.3, -0.25) is 0 Å². The van der Waals surface area contributed by atoms with E-state index in [2.05, 4.69) is 12.4 Å². The molecule has 0 aliphatic heterocycles. The number of hydrogen-bond acceptors (Lipinski definition) is 2. The van der Waals surface area contributed by atoms with Crippen molar-refractivity contribution in [2.75, 3.05) is 6.54 Å². The molecule has 0 spiro atoms. The van der Waals surface area contributed by atoms with Crippen LogP contribution in [0.2, 0.25) is 0 Å². The third-order valence-corrected chi connectivity index (χ3v) is 1.82. The molecule has 72 valence electrons. The SMILES string of the molecule is CCCCCNOc1ccccc1. The minimum Gasteiger partial charge on any atom is -0.409 e. The van der Waals surface area contributed by atoms with E-state index in [1.807, 2.05) is 30.3 Å². The summed E-state index contributed by atoms with van der Waals surface area (Å²) in [5, 5.41) is 0. The second-order valence-corrected chi connectivity index (χ2v) is 3.02. The lowest BCUT2D eigenvalue weighted by Crippen LogP contribution is -2.19. The van der Waals surface area contributed by atoms with Gasteiger partial charge < -0.3 is 4.84 Å². The van der Waals surface area contributed by atoms with E-state index in [4.69, 9.17) is 4.84 Å². The summed E-state index contributed by atoms with van der Waals surface area (Å²) in [5.74, 6) is 0.874. The standard InChI is InChI=1S/C11H17NO/c1-2-3-7-10-12-13-11-8-5-4-6-9-11/h4-6,8-9,12H,2-3,7,10H2,1H3. The first-order valence-electron chi connectivity index (χ1n) is 4.88. The lowest BCUT2D eigenvalue weighted by molar-refractivity contribution is 0.193. The van der Waals surface area contributed by atoms with Gasteiger partial charge in [-0.05, 0) is 18.6 Å². The lowest BCUT2D eigenvalue weighted by atomic mass is 10.3. The zero-order chi connectivity index (χ0) is 9.36. The van der Waals surface area contributed by atoms with E-state index in [1.54, 1.807) is 0 Å². The number of hydroxylamine groups is 1. The molecule has 2 heteroatoms. The van der Waals surface area contributed by atoms with Crippen molar-refractivity contribution < 1.29 is 4.84 Å². The molecule has 0 aliphatic carbocycles. The Kier molecular flexibility index (Phi) is 5.02. The van der Waals surface area contributed by atoms with Gasteiger partial charge in [0.05, 0.1) is 0 Å². The number of rotatable bonds is 6. The van der Waals surface area contributed by atoms with Crippen LogP contribution < -0.4 is 10.3 Å². The van der Waals surface area contributed by atoms with E-state index >= 15 is 0 Å². The molecule has 0 saturated carbocycles. The van der Waals surface area contributed by atoms with Crippen LogP contribution in [0, 0.1) is 0 Å². The molecule has 1 N–H and O–H groups in total. The van der Waals surface area contributed by atoms with Gasteiger partial charge in [-0.1, -0.05) is 38.0 Å². The van der Waals surface area contributed by atoms with E-state index in [0.717, 1.165) is 12.3 Å². The molecule has 0 fully saturated rings. The Hall–Kier alpha value is -1.02. The van der Waals surface area contributed by atoms with Gasteiger partial charge in [0.2, 0.25) is 0 Å². The summed E-state index contributed by atoms with van der Waals surface area (Å²) in [5.41, 5.74) is 2.94. The maximum Gasteiger partial charge on any atom is 0.147 e. The molecule has 1 aromatic rings. The summed E-state index contributed by atoms with van der Waals surface area (Å²) < 4.78 is 0. The van der Waals surface area contributed by atoms with Gasteiger partial charge in [-0.15, -0.1) is 0 Å². The minimum atomic E-state index is 0.874. The van der Waals surface area contributed by atoms with E-state index in [1.165, 1.54) is 19.3 Å². The zero-order valence-electron chi connectivity index (χ0n) is 8.12. The second-order valence-electron chi connectivity index (χ2n) is 3.02. The fraction of sp³-hybridized carbons (Fsp3) is 0.455. The van der Waals surface area contributed by atoms with Crippen LogP contribution in [0.15, 0.2) is 30.3 Å². The molecule has 0 aliphatic rings. The highest BCUT2D eigenvalue weighted by Crippen LogP contribution is 2.06. The topological polar surface area (TPSA) is 21.3 Å². The fourth-order valence-electron chi connectivity index (χ4n) is 1.07. The third kappa shape index (κ3) is 4.53. The Labute approximate surface area is 79.9 Å². The molecule has 2 nitrogen and oxygen atoms in total. The first kappa shape index (κ1) is 10.1. The van der Waals surface area contributed by atoms with Crippen LogP contribution in [-0.2, 0) is 0 Å². The quantitative estimate of drug-likeness (QED) is 0.535. The van der Waals surface area contributed by atoms with Crippen LogP contribution in [0.5, 0.6) is 5.75 Å². The van der Waals surface area contributed by atoms with Crippen molar-refractivity contribution in [3.63, 3.8) is 0 Å². The molecular formula is C11H17NO. The van der Waals surface area contributed by atoms with Crippen molar-refractivity contribution in [3.05, 3.63) is 30.3 Å². The first-order valence-corrected chi connectivity index (χ1v) is 4.88. The van der Waals surface area contributed by atoms with Gasteiger partial charge in [-0.25, -0.2) is 0 Å². The largest absolute Gasteiger partial charge is 0.409 e. The van der Waals surface area contributed by atoms with Crippen LogP contribution in [-0.4, -0.2) is 6.54 Å². The summed E-state index contributed by atoms with van der Waals surface area (Å²) in [6, 6.07) is 9.77. The summed E-state index contributed by atoms with van der Waals surface area (Å²) >= 11 is 0. The van der Waals surface area contributed by atoms with Gasteiger partial charge in [0.15, 0.2) is 0 Å². The molecule has 1 aromatic carbocycles. The van der Waals surface area contributed by atoms with Gasteiger partial charge in [0.1, 0.15) is 5.75 Å². The van der Waals surface area contributed by atoms with Crippen molar-refractivity contribution in [1.82, 2.24) is 5.48 Å². The molecule has 13 heavy (non-hydrogen) atoms. The molecule has 0 amide bonds. The van der Waals surface area contributed by atoms with Gasteiger partial charge in [0, 0.05) is 6.54 Å². The molecule has 1 rings (SSSR count). The predicted molar refractivity (Wildman–Crippen MR) is 54.6 cm³/mol. The van der Waals surface area contributed by atoms with E-state index in [9.17, 15) is 0 Å². The number of nitrogens with one attached hydrogen (secondary N) is 1. The molecule has 0 heterocycles. The predicted octanol–water partition coefficient (Wildman–Crippen LogP) is 2.76. The Morgan fingerprint density at radius 1 is 1.15 bits per heavy atom. The third-order valence-electron chi connectivity index (χ3n) is 1.82. The lowest BCUT2D eigenvalue weighted by Gasteiger charge is -2.05. The van der Waals surface area contributed by atoms with Crippen LogP contribution >= 0.6 is 0 Å². The van der Waals surface area contributed by atoms with Crippen molar-refractivity contribution >= 4 is 0 Å². The smallest absolute Gasteiger partial charge is 0.147 e. The van der Waals surface area contributed by atoms with Crippen LogP contribution in [0.4, 0.5) is 0 Å². The van der Waals surface area contributed by atoms with Crippen molar-refractivity contribution in [2.45, 2.75) is 26.2 Å². The van der Waals surface area contributed by atoms with Crippen LogP contribution in [0.1, 0.15) is 26.2 Å². The molecular weight excluding hydrogens is 162 g/mol. The van der Waals surface area contributed by atoms with Crippen LogP contribution in [0.25, 0.3) is 0 Å². The average molecular weight is 179 g/mol. The Morgan fingerprint density at radius 3 is 2.62 bits per heavy atom. The number of benzene rings is 1. The molecule has 0 aromatic heterocycles. The summed E-state index contributed by atoms with van der Waals surface area (Å²) in [7, 11) is 0. The Morgan fingerprint density at radius 2 is 1.92 bits per heavy atom. The maximum absolute atomic E-state index is 5.30. The number of para-hydroxylation sites is 1. The van der Waals surface area contributed by atoms with Crippen LogP contribution in [0.3, 0.4) is 0 Å². The number of unbranched alkanes of at least 4 members (excludes halogenated alkanes) is 2. The van der Waals surface area contributed by atoms with Crippen molar-refractivity contribution in [2.24, 2.45) is 0 Å². The van der Waals surface area contributed by atoms with Crippen molar-refractivity contribution in [3.8, 4) is 5.75 Å². The highest BCUT2D eigenvalue weighted by molar-refractivity contribution is 5.20. The van der Waals surface area contributed by atoms with Gasteiger partial charge >= 0.3 is 0 Å². The molecule has 0 saturated heterocycles. The fourth-order valence-corrected chi connectivity index (χ4v) is 1.07. The summed E-state index contributed by atoms with van der Waals surface area (Å²) in [6.07, 6.45) is 3.67.